The molecule has 0 bridgehead atoms. The first-order valence-electron chi connectivity index (χ1n) is 7.19. The molecule has 114 valence electrons. The van der Waals surface area contributed by atoms with E-state index in [4.69, 9.17) is 0 Å². The van der Waals surface area contributed by atoms with Crippen LogP contribution >= 0.6 is 0 Å². The van der Waals surface area contributed by atoms with E-state index in [1.807, 2.05) is 30.3 Å². The molecule has 1 heterocycles. The van der Waals surface area contributed by atoms with Crippen molar-refractivity contribution in [1.82, 2.24) is 4.57 Å². The molecule has 2 aromatic carbocycles. The molecule has 0 amide bonds. The molecule has 3 rings (SSSR count). The fraction of sp³-hybridized carbons (Fsp3) is 0.0526. The van der Waals surface area contributed by atoms with Gasteiger partial charge < -0.3 is 5.11 Å². The highest BCUT2D eigenvalue weighted by molar-refractivity contribution is 6.21. The fourth-order valence-electron chi connectivity index (χ4n) is 2.63. The Morgan fingerprint density at radius 2 is 1.74 bits per heavy atom. The quantitative estimate of drug-likeness (QED) is 0.589. The summed E-state index contributed by atoms with van der Waals surface area (Å²) in [6, 6.07) is 16.3. The van der Waals surface area contributed by atoms with Crippen molar-refractivity contribution in [2.24, 2.45) is 0 Å². The van der Waals surface area contributed by atoms with E-state index in [0.717, 1.165) is 16.5 Å². The molecular weight excluding hydrogens is 290 g/mol. The van der Waals surface area contributed by atoms with Crippen molar-refractivity contribution in [3.63, 3.8) is 0 Å². The van der Waals surface area contributed by atoms with Gasteiger partial charge in [0.2, 0.25) is 5.91 Å². The second kappa shape index (κ2) is 5.93. The van der Waals surface area contributed by atoms with Gasteiger partial charge in [-0.25, -0.2) is 4.79 Å². The first kappa shape index (κ1) is 14.8. The van der Waals surface area contributed by atoms with Crippen LogP contribution in [-0.4, -0.2) is 21.6 Å². The van der Waals surface area contributed by atoms with Crippen LogP contribution in [0.4, 0.5) is 0 Å². The lowest BCUT2D eigenvalue weighted by molar-refractivity contribution is -0.130. The summed E-state index contributed by atoms with van der Waals surface area (Å²) in [5.74, 6) is -1.07. The van der Waals surface area contributed by atoms with E-state index in [1.165, 1.54) is 6.92 Å². The molecule has 4 nitrogen and oxygen atoms in total. The third-order valence-corrected chi connectivity index (χ3v) is 3.72. The molecule has 3 aromatic rings. The Morgan fingerprint density at radius 1 is 1.00 bits per heavy atom. The Labute approximate surface area is 133 Å². The number of carboxylic acids is 1. The van der Waals surface area contributed by atoms with Crippen LogP contribution in [0.25, 0.3) is 22.6 Å². The predicted molar refractivity (Wildman–Crippen MR) is 90.2 cm³/mol. The largest absolute Gasteiger partial charge is 0.478 e. The van der Waals surface area contributed by atoms with Gasteiger partial charge in [0.15, 0.2) is 0 Å². The highest BCUT2D eigenvalue weighted by Crippen LogP contribution is 2.25. The van der Waals surface area contributed by atoms with Gasteiger partial charge in [0, 0.05) is 18.5 Å². The van der Waals surface area contributed by atoms with Gasteiger partial charge in [-0.1, -0.05) is 42.5 Å². The van der Waals surface area contributed by atoms with Gasteiger partial charge >= 0.3 is 5.97 Å². The fourth-order valence-corrected chi connectivity index (χ4v) is 2.63. The lowest BCUT2D eigenvalue weighted by Gasteiger charge is -2.05. The molecule has 0 radical (unpaired) electrons. The van der Waals surface area contributed by atoms with Crippen LogP contribution in [0.3, 0.4) is 0 Å². The standard InChI is InChI=1S/C19H15NO3/c1-13(21)20-11-10-16-15(8-5-9-18(16)20)12-17(19(22)23)14-6-3-2-4-7-14/h2-12H,1H3,(H,22,23). The van der Waals surface area contributed by atoms with E-state index in [1.54, 1.807) is 41.1 Å². The molecule has 0 saturated carbocycles. The first-order valence-corrected chi connectivity index (χ1v) is 7.19. The van der Waals surface area contributed by atoms with Crippen LogP contribution in [0.1, 0.15) is 22.8 Å². The van der Waals surface area contributed by atoms with Gasteiger partial charge in [-0.05, 0) is 29.3 Å². The molecule has 0 aliphatic rings. The number of aromatic nitrogens is 1. The average Bonchev–Trinajstić information content (AvgIpc) is 2.98. The van der Waals surface area contributed by atoms with Crippen molar-refractivity contribution in [2.75, 3.05) is 0 Å². The zero-order chi connectivity index (χ0) is 16.4. The summed E-state index contributed by atoms with van der Waals surface area (Å²) < 4.78 is 1.55. The van der Waals surface area contributed by atoms with Gasteiger partial charge in [-0.15, -0.1) is 0 Å². The molecule has 0 fully saturated rings. The number of carbonyl (C=O) groups is 2. The van der Waals surface area contributed by atoms with Crippen molar-refractivity contribution in [3.8, 4) is 0 Å². The van der Waals surface area contributed by atoms with E-state index >= 15 is 0 Å². The summed E-state index contributed by atoms with van der Waals surface area (Å²) >= 11 is 0. The lowest BCUT2D eigenvalue weighted by atomic mass is 10.0. The van der Waals surface area contributed by atoms with Crippen LogP contribution in [-0.2, 0) is 4.79 Å². The number of fused-ring (bicyclic) bond motifs is 1. The van der Waals surface area contributed by atoms with Gasteiger partial charge in [0.25, 0.3) is 0 Å². The monoisotopic (exact) mass is 305 g/mol. The van der Waals surface area contributed by atoms with E-state index in [0.29, 0.717) is 5.56 Å². The summed E-state index contributed by atoms with van der Waals surface area (Å²) in [6.07, 6.45) is 3.35. The van der Waals surface area contributed by atoms with E-state index < -0.39 is 5.97 Å². The average molecular weight is 305 g/mol. The van der Waals surface area contributed by atoms with Gasteiger partial charge in [0.05, 0.1) is 11.1 Å². The maximum absolute atomic E-state index is 11.6. The number of carbonyl (C=O) groups excluding carboxylic acids is 1. The summed E-state index contributed by atoms with van der Waals surface area (Å²) in [6.45, 7) is 1.49. The lowest BCUT2D eigenvalue weighted by Crippen LogP contribution is -2.03. The van der Waals surface area contributed by atoms with E-state index in [2.05, 4.69) is 0 Å². The Balaban J connectivity index is 2.19. The summed E-state index contributed by atoms with van der Waals surface area (Å²) in [5, 5.41) is 10.4. The number of aliphatic carboxylic acids is 1. The molecule has 4 heteroatoms. The summed E-state index contributed by atoms with van der Waals surface area (Å²) in [5.41, 5.74) is 2.39. The van der Waals surface area contributed by atoms with Crippen molar-refractivity contribution >= 4 is 34.4 Å². The van der Waals surface area contributed by atoms with Crippen LogP contribution < -0.4 is 0 Å². The minimum Gasteiger partial charge on any atom is -0.478 e. The van der Waals surface area contributed by atoms with Crippen molar-refractivity contribution in [1.29, 1.82) is 0 Å². The first-order chi connectivity index (χ1) is 11.1. The van der Waals surface area contributed by atoms with Crippen molar-refractivity contribution in [2.45, 2.75) is 6.92 Å². The number of hydrogen-bond acceptors (Lipinski definition) is 2. The SMILES string of the molecule is CC(=O)n1ccc2c(C=C(C(=O)O)c3ccccc3)cccc21. The van der Waals surface area contributed by atoms with Crippen LogP contribution in [0, 0.1) is 0 Å². The molecule has 1 aromatic heterocycles. The van der Waals surface area contributed by atoms with Crippen LogP contribution in [0.2, 0.25) is 0 Å². The third kappa shape index (κ3) is 2.79. The van der Waals surface area contributed by atoms with Gasteiger partial charge in [-0.2, -0.15) is 0 Å². The highest BCUT2D eigenvalue weighted by Gasteiger charge is 2.12. The van der Waals surface area contributed by atoms with Crippen molar-refractivity contribution in [3.05, 3.63) is 71.9 Å². The summed E-state index contributed by atoms with van der Waals surface area (Å²) in [4.78, 5) is 23.3. The molecule has 0 saturated heterocycles. The maximum atomic E-state index is 11.6. The summed E-state index contributed by atoms with van der Waals surface area (Å²) in [7, 11) is 0. The Morgan fingerprint density at radius 3 is 2.39 bits per heavy atom. The smallest absolute Gasteiger partial charge is 0.336 e. The second-order valence-corrected chi connectivity index (χ2v) is 5.21. The highest BCUT2D eigenvalue weighted by atomic mass is 16.4. The number of hydrogen-bond donors (Lipinski definition) is 1. The molecular formula is C19H15NO3. The second-order valence-electron chi connectivity index (χ2n) is 5.21. The molecule has 23 heavy (non-hydrogen) atoms. The van der Waals surface area contributed by atoms with Crippen molar-refractivity contribution < 1.29 is 14.7 Å². The molecule has 1 N–H and O–H groups in total. The van der Waals surface area contributed by atoms with E-state index in [9.17, 15) is 14.7 Å². The topological polar surface area (TPSA) is 59.3 Å². The number of rotatable bonds is 3. The Hall–Kier alpha value is -3.14. The molecule has 0 unspecified atom stereocenters. The molecule has 0 aliphatic carbocycles. The normalized spacial score (nSPS) is 11.6. The predicted octanol–water partition coefficient (Wildman–Crippen LogP) is 3.93. The van der Waals surface area contributed by atoms with Crippen LogP contribution in [0.5, 0.6) is 0 Å². The molecule has 0 aliphatic heterocycles. The van der Waals surface area contributed by atoms with Gasteiger partial charge in [-0.3, -0.25) is 9.36 Å². The Kier molecular flexibility index (Phi) is 3.81. The zero-order valence-corrected chi connectivity index (χ0v) is 12.6. The minimum absolute atomic E-state index is 0.0809. The number of carboxylic acid groups (broad SMARTS) is 1. The molecule has 0 atom stereocenters. The third-order valence-electron chi connectivity index (χ3n) is 3.72. The zero-order valence-electron chi connectivity index (χ0n) is 12.6. The number of benzene rings is 2. The van der Waals surface area contributed by atoms with Crippen LogP contribution in [0.15, 0.2) is 60.8 Å². The molecule has 0 spiro atoms. The van der Waals surface area contributed by atoms with E-state index in [-0.39, 0.29) is 11.5 Å². The van der Waals surface area contributed by atoms with Gasteiger partial charge in [0.1, 0.15) is 0 Å². The maximum Gasteiger partial charge on any atom is 0.336 e. The minimum atomic E-state index is -0.987. The Bertz CT molecular complexity index is 920. The number of nitrogens with zero attached hydrogens (tertiary/aromatic N) is 1.